The van der Waals surface area contributed by atoms with Gasteiger partial charge < -0.3 is 19.1 Å². The van der Waals surface area contributed by atoms with Crippen LogP contribution in [0.5, 0.6) is 11.5 Å². The molecule has 0 aromatic heterocycles. The summed E-state index contributed by atoms with van der Waals surface area (Å²) in [6.07, 6.45) is 11.7. The number of methoxy groups -OCH3 is 1. The maximum atomic E-state index is 13.0. The minimum absolute atomic E-state index is 0.0171. The summed E-state index contributed by atoms with van der Waals surface area (Å²) >= 11 is 0. The highest BCUT2D eigenvalue weighted by molar-refractivity contribution is 5.92. The molecule has 1 aliphatic carbocycles. The Kier molecular flexibility index (Phi) is 10.4. The maximum absolute atomic E-state index is 13.0. The van der Waals surface area contributed by atoms with Crippen LogP contribution in [-0.2, 0) is 25.5 Å². The SMILES string of the molecule is COC1=CCCC(C)(C(=O)CCC(=O)CCC(=O)C[C@@H](Cc2ccc3c(c2)OCCO3)CN2CCCC2)C=C1. The molecule has 2 aliphatic heterocycles. The summed E-state index contributed by atoms with van der Waals surface area (Å²) in [6.45, 7) is 6.08. The van der Waals surface area contributed by atoms with Crippen molar-refractivity contribution in [2.75, 3.05) is 40.0 Å². The first kappa shape index (κ1) is 29.1. The van der Waals surface area contributed by atoms with Crippen molar-refractivity contribution in [3.63, 3.8) is 0 Å². The number of hydrogen-bond acceptors (Lipinski definition) is 7. The minimum atomic E-state index is -0.594. The van der Waals surface area contributed by atoms with E-state index < -0.39 is 5.41 Å². The molecule has 2 heterocycles. The summed E-state index contributed by atoms with van der Waals surface area (Å²) in [6, 6.07) is 6.05. The zero-order valence-corrected chi connectivity index (χ0v) is 23.5. The van der Waals surface area contributed by atoms with E-state index in [9.17, 15) is 14.4 Å². The van der Waals surface area contributed by atoms with Crippen LogP contribution in [-0.4, -0.2) is 62.2 Å². The molecular weight excluding hydrogens is 494 g/mol. The van der Waals surface area contributed by atoms with Crippen LogP contribution in [0.3, 0.4) is 0 Å². The Hall–Kier alpha value is -2.93. The second-order valence-corrected chi connectivity index (χ2v) is 11.4. The summed E-state index contributed by atoms with van der Waals surface area (Å²) in [5.74, 6) is 2.66. The Bertz CT molecular complexity index is 1090. The van der Waals surface area contributed by atoms with E-state index in [1.165, 1.54) is 12.8 Å². The molecule has 0 saturated carbocycles. The van der Waals surface area contributed by atoms with Crippen LogP contribution in [0.4, 0.5) is 0 Å². The number of benzene rings is 1. The molecule has 0 spiro atoms. The normalized spacial score (nSPS) is 21.6. The summed E-state index contributed by atoms with van der Waals surface area (Å²) in [4.78, 5) is 41.0. The van der Waals surface area contributed by atoms with E-state index in [0.717, 1.165) is 55.3 Å². The van der Waals surface area contributed by atoms with E-state index in [1.54, 1.807) is 7.11 Å². The van der Waals surface area contributed by atoms with Gasteiger partial charge in [0.05, 0.1) is 7.11 Å². The average molecular weight is 538 g/mol. The molecule has 1 aromatic rings. The predicted molar refractivity (Wildman–Crippen MR) is 150 cm³/mol. The molecule has 0 amide bonds. The van der Waals surface area contributed by atoms with E-state index in [1.807, 2.05) is 37.3 Å². The fraction of sp³-hybridized carbons (Fsp3) is 0.594. The largest absolute Gasteiger partial charge is 0.497 e. The smallest absolute Gasteiger partial charge is 0.161 e. The van der Waals surface area contributed by atoms with Gasteiger partial charge in [0.15, 0.2) is 11.5 Å². The Morgan fingerprint density at radius 1 is 1.00 bits per heavy atom. The lowest BCUT2D eigenvalue weighted by atomic mass is 9.79. The number of fused-ring (bicyclic) bond motifs is 1. The Balaban J connectivity index is 1.25. The summed E-state index contributed by atoms with van der Waals surface area (Å²) in [5.41, 5.74) is 0.545. The van der Waals surface area contributed by atoms with E-state index in [0.29, 0.717) is 26.1 Å². The fourth-order valence-electron chi connectivity index (χ4n) is 5.76. The van der Waals surface area contributed by atoms with E-state index in [-0.39, 0.29) is 49.0 Å². The van der Waals surface area contributed by atoms with Crippen molar-refractivity contribution in [3.05, 3.63) is 47.7 Å². The monoisotopic (exact) mass is 537 g/mol. The number of carbonyl (C=O) groups excluding carboxylic acids is 3. The molecule has 0 bridgehead atoms. The predicted octanol–water partition coefficient (Wildman–Crippen LogP) is 5.26. The number of Topliss-reactive ketones (excluding diaryl/α,β-unsaturated/α-hetero) is 3. The van der Waals surface area contributed by atoms with Crippen molar-refractivity contribution >= 4 is 17.3 Å². The van der Waals surface area contributed by atoms with Gasteiger partial charge in [-0.3, -0.25) is 14.4 Å². The van der Waals surface area contributed by atoms with Crippen LogP contribution >= 0.6 is 0 Å². The molecular formula is C32H43NO6. The van der Waals surface area contributed by atoms with Crippen molar-refractivity contribution < 1.29 is 28.6 Å². The molecule has 1 unspecified atom stereocenters. The van der Waals surface area contributed by atoms with Gasteiger partial charge >= 0.3 is 0 Å². The van der Waals surface area contributed by atoms with Gasteiger partial charge in [-0.25, -0.2) is 0 Å². The maximum Gasteiger partial charge on any atom is 0.161 e. The molecule has 212 valence electrons. The number of allylic oxidation sites excluding steroid dienone is 3. The first-order valence-corrected chi connectivity index (χ1v) is 14.5. The summed E-state index contributed by atoms with van der Waals surface area (Å²) < 4.78 is 16.7. The number of likely N-dealkylation sites (tertiary alicyclic amines) is 1. The first-order valence-electron chi connectivity index (χ1n) is 14.5. The van der Waals surface area contributed by atoms with Crippen LogP contribution in [0.25, 0.3) is 0 Å². The molecule has 1 saturated heterocycles. The highest BCUT2D eigenvalue weighted by Gasteiger charge is 2.31. The van der Waals surface area contributed by atoms with Crippen LogP contribution < -0.4 is 9.47 Å². The lowest BCUT2D eigenvalue weighted by Gasteiger charge is -2.24. The third-order valence-corrected chi connectivity index (χ3v) is 8.17. The number of hydrogen-bond donors (Lipinski definition) is 0. The van der Waals surface area contributed by atoms with Crippen LogP contribution in [0.1, 0.15) is 70.3 Å². The summed E-state index contributed by atoms with van der Waals surface area (Å²) in [5, 5.41) is 0. The van der Waals surface area contributed by atoms with E-state index in [2.05, 4.69) is 11.0 Å². The number of ketones is 3. The lowest BCUT2D eigenvalue weighted by molar-refractivity contribution is -0.129. The van der Waals surface area contributed by atoms with Crippen molar-refractivity contribution in [1.82, 2.24) is 4.90 Å². The lowest BCUT2D eigenvalue weighted by Crippen LogP contribution is -2.29. The number of ether oxygens (including phenoxy) is 3. The standard InChI is InChI=1S/C32H43NO6/c1-32(14-5-6-28(37-2)13-15-32)31(36)12-10-26(34)8-9-27(35)21-25(23-33-16-3-4-17-33)20-24-7-11-29-30(22-24)39-19-18-38-29/h6-7,11,13,15,22,25H,3-5,8-10,12,14,16-21,23H2,1-2H3/t25-,32?/m1/s1. The highest BCUT2D eigenvalue weighted by atomic mass is 16.6. The van der Waals surface area contributed by atoms with Crippen LogP contribution in [0.2, 0.25) is 0 Å². The van der Waals surface area contributed by atoms with Gasteiger partial charge in [0.25, 0.3) is 0 Å². The van der Waals surface area contributed by atoms with Crippen LogP contribution in [0, 0.1) is 11.3 Å². The van der Waals surface area contributed by atoms with Gasteiger partial charge in [-0.05, 0) is 87.9 Å². The van der Waals surface area contributed by atoms with Gasteiger partial charge in [-0.2, -0.15) is 0 Å². The Morgan fingerprint density at radius 2 is 1.72 bits per heavy atom. The molecule has 3 aliphatic rings. The second-order valence-electron chi connectivity index (χ2n) is 11.4. The quantitative estimate of drug-likeness (QED) is 0.320. The van der Waals surface area contributed by atoms with Gasteiger partial charge in [-0.1, -0.05) is 12.1 Å². The second kappa shape index (κ2) is 13.9. The van der Waals surface area contributed by atoms with Crippen molar-refractivity contribution in [2.45, 2.75) is 71.1 Å². The third kappa shape index (κ3) is 8.53. The number of carbonyl (C=O) groups is 3. The average Bonchev–Trinajstić information content (AvgIpc) is 3.37. The fourth-order valence-corrected chi connectivity index (χ4v) is 5.76. The van der Waals surface area contributed by atoms with Crippen molar-refractivity contribution in [2.24, 2.45) is 11.3 Å². The van der Waals surface area contributed by atoms with Gasteiger partial charge in [-0.15, -0.1) is 0 Å². The van der Waals surface area contributed by atoms with Crippen molar-refractivity contribution in [3.8, 4) is 11.5 Å². The highest BCUT2D eigenvalue weighted by Crippen LogP contribution is 2.33. The Morgan fingerprint density at radius 3 is 2.49 bits per heavy atom. The van der Waals surface area contributed by atoms with Gasteiger partial charge in [0, 0.05) is 44.1 Å². The zero-order chi connectivity index (χ0) is 27.7. The molecule has 2 atom stereocenters. The van der Waals surface area contributed by atoms with E-state index in [4.69, 9.17) is 14.2 Å². The minimum Gasteiger partial charge on any atom is -0.497 e. The third-order valence-electron chi connectivity index (χ3n) is 8.17. The molecule has 1 fully saturated rings. The molecule has 4 rings (SSSR count). The number of rotatable bonds is 14. The topological polar surface area (TPSA) is 82.1 Å². The molecule has 0 radical (unpaired) electrons. The zero-order valence-electron chi connectivity index (χ0n) is 23.5. The molecule has 7 heteroatoms. The Labute approximate surface area is 232 Å². The van der Waals surface area contributed by atoms with Gasteiger partial charge in [0.2, 0.25) is 0 Å². The molecule has 1 aromatic carbocycles. The van der Waals surface area contributed by atoms with Gasteiger partial charge in [0.1, 0.15) is 36.3 Å². The summed E-state index contributed by atoms with van der Waals surface area (Å²) in [7, 11) is 1.62. The van der Waals surface area contributed by atoms with E-state index >= 15 is 0 Å². The molecule has 7 nitrogen and oxygen atoms in total. The number of nitrogens with zero attached hydrogens (tertiary/aromatic N) is 1. The van der Waals surface area contributed by atoms with Crippen molar-refractivity contribution in [1.29, 1.82) is 0 Å². The molecule has 39 heavy (non-hydrogen) atoms. The van der Waals surface area contributed by atoms with Crippen LogP contribution in [0.15, 0.2) is 42.2 Å². The molecule has 0 N–H and O–H groups in total. The first-order chi connectivity index (χ1) is 18.8.